The second-order valence-electron chi connectivity index (χ2n) is 8.61. The van der Waals surface area contributed by atoms with Crippen molar-refractivity contribution < 1.29 is 9.59 Å². The number of amides is 2. The number of nitrogens with zero attached hydrogens (tertiary/aromatic N) is 3. The van der Waals surface area contributed by atoms with Gasteiger partial charge in [0.1, 0.15) is 5.69 Å². The van der Waals surface area contributed by atoms with E-state index in [0.29, 0.717) is 24.1 Å². The number of likely N-dealkylation sites (tertiary alicyclic amines) is 1. The first-order valence-corrected chi connectivity index (χ1v) is 10.1. The number of carbonyl (C=O) groups excluding carboxylic acids is 2. The topological polar surface area (TPSA) is 67.2 Å². The highest BCUT2D eigenvalue weighted by atomic mass is 16.2. The van der Waals surface area contributed by atoms with Crippen LogP contribution in [-0.2, 0) is 11.8 Å². The number of imidazole rings is 1. The highest BCUT2D eigenvalue weighted by molar-refractivity contribution is 5.92. The zero-order chi connectivity index (χ0) is 18.1. The molecule has 0 aromatic carbocycles. The Balaban J connectivity index is 1.43. The SMILES string of the molecule is Cn1cnc(C(=O)N2CC(CCC(=O)NC3CC3)C3(CCCCC3)C2)c1. The summed E-state index contributed by atoms with van der Waals surface area (Å²) in [6.45, 7) is 1.60. The Kier molecular flexibility index (Phi) is 4.76. The van der Waals surface area contributed by atoms with Crippen LogP contribution in [0.15, 0.2) is 12.5 Å². The molecule has 6 heteroatoms. The van der Waals surface area contributed by atoms with E-state index >= 15 is 0 Å². The van der Waals surface area contributed by atoms with Crippen LogP contribution in [0.5, 0.6) is 0 Å². The first-order valence-electron chi connectivity index (χ1n) is 10.1. The fourth-order valence-corrected chi connectivity index (χ4v) is 4.93. The summed E-state index contributed by atoms with van der Waals surface area (Å²) in [5, 5.41) is 3.10. The number of carbonyl (C=O) groups is 2. The summed E-state index contributed by atoms with van der Waals surface area (Å²) in [7, 11) is 1.89. The van der Waals surface area contributed by atoms with E-state index in [1.807, 2.05) is 16.5 Å². The van der Waals surface area contributed by atoms with Gasteiger partial charge in [-0.25, -0.2) is 4.98 Å². The van der Waals surface area contributed by atoms with E-state index < -0.39 is 0 Å². The maximum absolute atomic E-state index is 12.9. The highest BCUT2D eigenvalue weighted by Crippen LogP contribution is 2.49. The van der Waals surface area contributed by atoms with Gasteiger partial charge in [-0.2, -0.15) is 0 Å². The standard InChI is InChI=1S/C20H30N4O2/c1-23-12-17(21-14-23)19(26)24-11-15(5-8-18(25)22-16-6-7-16)20(13-24)9-3-2-4-10-20/h12,14-16H,2-11,13H2,1H3,(H,22,25). The Morgan fingerprint density at radius 1 is 1.27 bits per heavy atom. The van der Waals surface area contributed by atoms with Crippen LogP contribution in [0.3, 0.4) is 0 Å². The first kappa shape index (κ1) is 17.6. The van der Waals surface area contributed by atoms with Crippen LogP contribution in [0.25, 0.3) is 0 Å². The van der Waals surface area contributed by atoms with Gasteiger partial charge in [-0.3, -0.25) is 9.59 Å². The molecule has 1 aliphatic heterocycles. The lowest BCUT2D eigenvalue weighted by molar-refractivity contribution is -0.121. The van der Waals surface area contributed by atoms with Gasteiger partial charge in [0, 0.05) is 38.8 Å². The second-order valence-corrected chi connectivity index (χ2v) is 8.61. The molecule has 26 heavy (non-hydrogen) atoms. The fourth-order valence-electron chi connectivity index (χ4n) is 4.93. The first-order chi connectivity index (χ1) is 12.6. The lowest BCUT2D eigenvalue weighted by Crippen LogP contribution is -2.35. The number of aryl methyl sites for hydroxylation is 1. The zero-order valence-electron chi connectivity index (χ0n) is 15.7. The van der Waals surface area contributed by atoms with Gasteiger partial charge in [0.25, 0.3) is 5.91 Å². The predicted octanol–water partition coefficient (Wildman–Crippen LogP) is 2.50. The van der Waals surface area contributed by atoms with Crippen LogP contribution >= 0.6 is 0 Å². The van der Waals surface area contributed by atoms with Crippen LogP contribution < -0.4 is 5.32 Å². The largest absolute Gasteiger partial charge is 0.353 e. The van der Waals surface area contributed by atoms with E-state index in [1.54, 1.807) is 12.5 Å². The van der Waals surface area contributed by atoms with Crippen molar-refractivity contribution >= 4 is 11.8 Å². The van der Waals surface area contributed by atoms with Crippen LogP contribution in [0.1, 0.15) is 68.3 Å². The van der Waals surface area contributed by atoms with Crippen molar-refractivity contribution in [3.8, 4) is 0 Å². The molecular formula is C20H30N4O2. The number of rotatable bonds is 5. The molecule has 1 atom stereocenters. The van der Waals surface area contributed by atoms with Gasteiger partial charge >= 0.3 is 0 Å². The van der Waals surface area contributed by atoms with Crippen molar-refractivity contribution in [1.29, 1.82) is 0 Å². The molecule has 1 saturated heterocycles. The van der Waals surface area contributed by atoms with Crippen LogP contribution in [0.2, 0.25) is 0 Å². The van der Waals surface area contributed by atoms with Crippen molar-refractivity contribution in [2.45, 2.75) is 63.8 Å². The predicted molar refractivity (Wildman–Crippen MR) is 98.5 cm³/mol. The van der Waals surface area contributed by atoms with Gasteiger partial charge < -0.3 is 14.8 Å². The number of hydrogen-bond donors (Lipinski definition) is 1. The maximum Gasteiger partial charge on any atom is 0.274 e. The summed E-state index contributed by atoms with van der Waals surface area (Å²) < 4.78 is 1.82. The van der Waals surface area contributed by atoms with Crippen LogP contribution in [0.4, 0.5) is 0 Å². The Hall–Kier alpha value is -1.85. The summed E-state index contributed by atoms with van der Waals surface area (Å²) in [4.78, 5) is 31.3. The van der Waals surface area contributed by atoms with Crippen LogP contribution in [0, 0.1) is 11.3 Å². The van der Waals surface area contributed by atoms with Crippen molar-refractivity contribution in [3.05, 3.63) is 18.2 Å². The van der Waals surface area contributed by atoms with E-state index in [9.17, 15) is 9.59 Å². The average Bonchev–Trinajstić information content (AvgIpc) is 3.23. The molecule has 3 aliphatic rings. The summed E-state index contributed by atoms with van der Waals surface area (Å²) in [6, 6.07) is 0.428. The molecule has 4 rings (SSSR count). The molecule has 1 N–H and O–H groups in total. The highest BCUT2D eigenvalue weighted by Gasteiger charge is 2.48. The molecular weight excluding hydrogens is 328 g/mol. The third kappa shape index (κ3) is 3.64. The van der Waals surface area contributed by atoms with Gasteiger partial charge in [-0.1, -0.05) is 19.3 Å². The third-order valence-corrected chi connectivity index (χ3v) is 6.54. The maximum atomic E-state index is 12.9. The van der Waals surface area contributed by atoms with Crippen molar-refractivity contribution in [3.63, 3.8) is 0 Å². The lowest BCUT2D eigenvalue weighted by Gasteiger charge is -2.38. The molecule has 1 aromatic heterocycles. The molecule has 3 fully saturated rings. The molecule has 2 aliphatic carbocycles. The minimum absolute atomic E-state index is 0.0421. The fraction of sp³-hybridized carbons (Fsp3) is 0.750. The third-order valence-electron chi connectivity index (χ3n) is 6.54. The van der Waals surface area contributed by atoms with Crippen molar-refractivity contribution in [2.24, 2.45) is 18.4 Å². The molecule has 1 unspecified atom stereocenters. The van der Waals surface area contributed by atoms with Gasteiger partial charge in [0.2, 0.25) is 5.91 Å². The van der Waals surface area contributed by atoms with Crippen molar-refractivity contribution in [2.75, 3.05) is 13.1 Å². The van der Waals surface area contributed by atoms with E-state index in [1.165, 1.54) is 32.1 Å². The van der Waals surface area contributed by atoms with E-state index in [0.717, 1.165) is 32.4 Å². The molecule has 0 radical (unpaired) electrons. The molecule has 6 nitrogen and oxygen atoms in total. The monoisotopic (exact) mass is 358 g/mol. The summed E-state index contributed by atoms with van der Waals surface area (Å²) in [6.07, 6.45) is 13.4. The molecule has 2 amide bonds. The van der Waals surface area contributed by atoms with Gasteiger partial charge in [0.15, 0.2) is 0 Å². The van der Waals surface area contributed by atoms with Gasteiger partial charge in [0.05, 0.1) is 6.33 Å². The van der Waals surface area contributed by atoms with E-state index in [-0.39, 0.29) is 17.2 Å². The minimum Gasteiger partial charge on any atom is -0.353 e. The molecule has 0 bridgehead atoms. The molecule has 2 heterocycles. The second kappa shape index (κ2) is 7.05. The van der Waals surface area contributed by atoms with E-state index in [4.69, 9.17) is 0 Å². The van der Waals surface area contributed by atoms with E-state index in [2.05, 4.69) is 10.3 Å². The molecule has 142 valence electrons. The number of aromatic nitrogens is 2. The molecule has 1 spiro atoms. The van der Waals surface area contributed by atoms with Crippen LogP contribution in [-0.4, -0.2) is 45.4 Å². The summed E-state index contributed by atoms with van der Waals surface area (Å²) in [5.41, 5.74) is 0.744. The Labute approximate surface area is 155 Å². The molecule has 1 aromatic rings. The zero-order valence-corrected chi connectivity index (χ0v) is 15.7. The normalized spacial score (nSPS) is 24.8. The van der Waals surface area contributed by atoms with Gasteiger partial charge in [-0.05, 0) is 43.4 Å². The van der Waals surface area contributed by atoms with Gasteiger partial charge in [-0.15, -0.1) is 0 Å². The summed E-state index contributed by atoms with van der Waals surface area (Å²) >= 11 is 0. The Morgan fingerprint density at radius 2 is 2.04 bits per heavy atom. The number of nitrogens with one attached hydrogen (secondary N) is 1. The summed E-state index contributed by atoms with van der Waals surface area (Å²) in [5.74, 6) is 0.661. The average molecular weight is 358 g/mol. The number of hydrogen-bond acceptors (Lipinski definition) is 3. The Bertz CT molecular complexity index is 673. The quantitative estimate of drug-likeness (QED) is 0.879. The Morgan fingerprint density at radius 3 is 2.69 bits per heavy atom. The lowest BCUT2D eigenvalue weighted by atomic mass is 9.66. The van der Waals surface area contributed by atoms with Crippen molar-refractivity contribution in [1.82, 2.24) is 19.8 Å². The smallest absolute Gasteiger partial charge is 0.274 e. The molecule has 2 saturated carbocycles. The minimum atomic E-state index is 0.0421.